The predicted octanol–water partition coefficient (Wildman–Crippen LogP) is 3.85. The van der Waals surface area contributed by atoms with E-state index in [0.29, 0.717) is 23.3 Å². The maximum absolute atomic E-state index is 13.6. The molecule has 7 nitrogen and oxygen atoms in total. The lowest BCUT2D eigenvalue weighted by atomic mass is 9.48. The molecule has 4 bridgehead atoms. The van der Waals surface area contributed by atoms with Gasteiger partial charge in [-0.1, -0.05) is 30.3 Å². The summed E-state index contributed by atoms with van der Waals surface area (Å²) in [5.41, 5.74) is 1.69. The second-order valence-electron chi connectivity index (χ2n) is 11.6. The zero-order valence-corrected chi connectivity index (χ0v) is 20.8. The highest BCUT2D eigenvalue weighted by molar-refractivity contribution is 6.00. The van der Waals surface area contributed by atoms with Crippen LogP contribution in [0.2, 0.25) is 0 Å². The van der Waals surface area contributed by atoms with Gasteiger partial charge in [0.2, 0.25) is 5.91 Å². The van der Waals surface area contributed by atoms with Crippen LogP contribution < -0.4 is 10.6 Å². The first-order chi connectivity index (χ1) is 16.7. The molecule has 0 spiro atoms. The van der Waals surface area contributed by atoms with Crippen molar-refractivity contribution in [1.29, 1.82) is 0 Å². The first-order valence-electron chi connectivity index (χ1n) is 12.7. The van der Waals surface area contributed by atoms with Gasteiger partial charge in [-0.05, 0) is 75.2 Å². The number of carbonyl (C=O) groups is 2. The Bertz CT molecular complexity index is 1120. The van der Waals surface area contributed by atoms with Gasteiger partial charge in [0.15, 0.2) is 0 Å². The Morgan fingerprint density at radius 2 is 1.86 bits per heavy atom. The maximum Gasteiger partial charge on any atom is 0.255 e. The summed E-state index contributed by atoms with van der Waals surface area (Å²) in [6.45, 7) is 5.59. The number of amides is 2. The van der Waals surface area contributed by atoms with Gasteiger partial charge in [-0.2, -0.15) is 5.10 Å². The summed E-state index contributed by atoms with van der Waals surface area (Å²) in [4.78, 5) is 25.2. The molecule has 0 radical (unpaired) electrons. The van der Waals surface area contributed by atoms with Crippen LogP contribution in [-0.4, -0.2) is 44.9 Å². The van der Waals surface area contributed by atoms with Crippen LogP contribution in [0.5, 0.6) is 0 Å². The number of aliphatic hydroxyl groups excluding tert-OH is 1. The second-order valence-corrected chi connectivity index (χ2v) is 11.6. The lowest BCUT2D eigenvalue weighted by Crippen LogP contribution is -2.60. The SMILES string of the molecule is CC(=O)NC(C)(C)/C=C/n1ncc(C(=O)N[C@H]2C3CC4CC2C[C@](CO)(C4)C3)c1-c1ccccc1. The fraction of sp³-hybridized carbons (Fsp3) is 0.536. The van der Waals surface area contributed by atoms with E-state index in [4.69, 9.17) is 0 Å². The van der Waals surface area contributed by atoms with E-state index in [2.05, 4.69) is 15.7 Å². The van der Waals surface area contributed by atoms with Crippen LogP contribution in [0.1, 0.15) is 63.2 Å². The van der Waals surface area contributed by atoms with Crippen molar-refractivity contribution in [2.24, 2.45) is 23.2 Å². The molecule has 4 aliphatic rings. The Labute approximate surface area is 207 Å². The molecule has 2 atom stereocenters. The lowest BCUT2D eigenvalue weighted by Gasteiger charge is -2.59. The van der Waals surface area contributed by atoms with E-state index in [1.165, 1.54) is 6.92 Å². The van der Waals surface area contributed by atoms with Gasteiger partial charge in [0.1, 0.15) is 0 Å². The van der Waals surface area contributed by atoms with Gasteiger partial charge in [-0.25, -0.2) is 4.68 Å². The van der Waals surface area contributed by atoms with Crippen molar-refractivity contribution >= 4 is 18.0 Å². The van der Waals surface area contributed by atoms with Crippen LogP contribution in [0, 0.1) is 23.2 Å². The number of benzene rings is 1. The minimum Gasteiger partial charge on any atom is -0.396 e. The molecule has 0 aliphatic heterocycles. The monoisotopic (exact) mass is 476 g/mol. The zero-order valence-electron chi connectivity index (χ0n) is 20.8. The van der Waals surface area contributed by atoms with Gasteiger partial charge in [-0.15, -0.1) is 0 Å². The van der Waals surface area contributed by atoms with Crippen LogP contribution in [0.15, 0.2) is 42.6 Å². The third kappa shape index (κ3) is 4.66. The molecule has 2 amide bonds. The van der Waals surface area contributed by atoms with E-state index in [-0.39, 0.29) is 29.9 Å². The molecule has 6 rings (SSSR count). The minimum atomic E-state index is -0.558. The molecule has 2 unspecified atom stereocenters. The smallest absolute Gasteiger partial charge is 0.255 e. The lowest BCUT2D eigenvalue weighted by molar-refractivity contribution is -0.120. The number of rotatable bonds is 7. The van der Waals surface area contributed by atoms with Gasteiger partial charge in [0, 0.05) is 31.3 Å². The third-order valence-corrected chi connectivity index (χ3v) is 8.25. The highest BCUT2D eigenvalue weighted by Crippen LogP contribution is 2.59. The highest BCUT2D eigenvalue weighted by Gasteiger charge is 2.55. The van der Waals surface area contributed by atoms with Crippen LogP contribution in [-0.2, 0) is 4.79 Å². The van der Waals surface area contributed by atoms with Gasteiger partial charge in [0.25, 0.3) is 5.91 Å². The molecule has 4 aliphatic carbocycles. The van der Waals surface area contributed by atoms with Gasteiger partial charge in [-0.3, -0.25) is 9.59 Å². The van der Waals surface area contributed by atoms with E-state index in [0.717, 1.165) is 43.4 Å². The Morgan fingerprint density at radius 3 is 2.49 bits per heavy atom. The van der Waals surface area contributed by atoms with Crippen LogP contribution >= 0.6 is 0 Å². The summed E-state index contributed by atoms with van der Waals surface area (Å²) < 4.78 is 1.71. The van der Waals surface area contributed by atoms with Gasteiger partial charge >= 0.3 is 0 Å². The fourth-order valence-corrected chi connectivity index (χ4v) is 7.13. The van der Waals surface area contributed by atoms with Crippen LogP contribution in [0.4, 0.5) is 0 Å². The molecule has 3 N–H and O–H groups in total. The van der Waals surface area contributed by atoms with Crippen molar-refractivity contribution in [3.8, 4) is 11.3 Å². The number of nitrogens with one attached hydrogen (secondary N) is 2. The van der Waals surface area contributed by atoms with Crippen molar-refractivity contribution < 1.29 is 14.7 Å². The standard InChI is InChI=1S/C28H36N4O3/c1-18(34)31-27(2,3)9-10-32-25(20-7-5-4-6-8-20)23(16-29-32)26(35)30-24-21-11-19-12-22(24)15-28(13-19,14-21)17-33/h4-10,16,19,21-22,24,33H,11-15,17H2,1-3H3,(H,30,35)(H,31,34)/b10-9+/t19?,21?,22?,24-,28-. The largest absolute Gasteiger partial charge is 0.396 e. The molecular weight excluding hydrogens is 440 g/mol. The van der Waals surface area contributed by atoms with Crippen molar-refractivity contribution in [1.82, 2.24) is 20.4 Å². The van der Waals surface area contributed by atoms with Crippen molar-refractivity contribution in [3.63, 3.8) is 0 Å². The Morgan fingerprint density at radius 1 is 1.17 bits per heavy atom. The van der Waals surface area contributed by atoms with Crippen LogP contribution in [0.3, 0.4) is 0 Å². The summed E-state index contributed by atoms with van der Waals surface area (Å²) in [6, 6.07) is 9.96. The Kier molecular flexibility index (Phi) is 6.08. The maximum atomic E-state index is 13.6. The number of carbonyl (C=O) groups excluding carboxylic acids is 2. The Hall–Kier alpha value is -2.93. The number of hydrogen-bond acceptors (Lipinski definition) is 4. The van der Waals surface area contributed by atoms with E-state index in [1.54, 1.807) is 10.9 Å². The quantitative estimate of drug-likeness (QED) is 0.566. The molecule has 0 saturated heterocycles. The zero-order chi connectivity index (χ0) is 24.8. The first kappa shape index (κ1) is 23.8. The van der Waals surface area contributed by atoms with Crippen molar-refractivity contribution in [2.45, 2.75) is 64.5 Å². The second kappa shape index (κ2) is 8.94. The predicted molar refractivity (Wildman–Crippen MR) is 135 cm³/mol. The number of nitrogens with zero attached hydrogens (tertiary/aromatic N) is 2. The van der Waals surface area contributed by atoms with Gasteiger partial charge < -0.3 is 15.7 Å². The third-order valence-electron chi connectivity index (χ3n) is 8.25. The summed E-state index contributed by atoms with van der Waals surface area (Å²) in [6.07, 6.45) is 10.8. The summed E-state index contributed by atoms with van der Waals surface area (Å²) in [5, 5.41) is 20.9. The molecule has 4 fully saturated rings. The number of aromatic nitrogens is 2. The highest BCUT2D eigenvalue weighted by atomic mass is 16.3. The molecule has 186 valence electrons. The summed E-state index contributed by atoms with van der Waals surface area (Å²) in [7, 11) is 0. The van der Waals surface area contributed by atoms with E-state index >= 15 is 0 Å². The molecule has 7 heteroatoms. The molecule has 1 aromatic carbocycles. The topological polar surface area (TPSA) is 96.2 Å². The van der Waals surface area contributed by atoms with E-state index < -0.39 is 5.54 Å². The van der Waals surface area contributed by atoms with Crippen molar-refractivity contribution in [2.75, 3.05) is 6.61 Å². The van der Waals surface area contributed by atoms with E-state index in [1.807, 2.05) is 56.5 Å². The molecule has 4 saturated carbocycles. The molecule has 35 heavy (non-hydrogen) atoms. The average molecular weight is 477 g/mol. The minimum absolute atomic E-state index is 0.0727. The normalized spacial score (nSPS) is 29.5. The molecular formula is C28H36N4O3. The number of aliphatic hydroxyl groups is 1. The van der Waals surface area contributed by atoms with E-state index in [9.17, 15) is 14.7 Å². The summed E-state index contributed by atoms with van der Waals surface area (Å²) in [5.74, 6) is 1.35. The molecule has 2 aromatic rings. The number of hydrogen-bond donors (Lipinski definition) is 3. The summed E-state index contributed by atoms with van der Waals surface area (Å²) >= 11 is 0. The van der Waals surface area contributed by atoms with Gasteiger partial charge in [0.05, 0.1) is 23.0 Å². The fourth-order valence-electron chi connectivity index (χ4n) is 7.13. The molecule has 1 aromatic heterocycles. The first-order valence-corrected chi connectivity index (χ1v) is 12.7. The van der Waals surface area contributed by atoms with Crippen molar-refractivity contribution in [3.05, 3.63) is 48.2 Å². The van der Waals surface area contributed by atoms with Crippen LogP contribution in [0.25, 0.3) is 17.5 Å². The Balaban J connectivity index is 1.42. The average Bonchev–Trinajstić information content (AvgIpc) is 3.24. The molecule has 1 heterocycles.